The van der Waals surface area contributed by atoms with Gasteiger partial charge in [0, 0.05) is 43.6 Å². The van der Waals surface area contributed by atoms with E-state index in [9.17, 15) is 9.59 Å². The molecule has 154 valence electrons. The monoisotopic (exact) mass is 394 g/mol. The van der Waals surface area contributed by atoms with E-state index in [4.69, 9.17) is 0 Å². The van der Waals surface area contributed by atoms with Gasteiger partial charge in [-0.15, -0.1) is 0 Å². The third-order valence-corrected chi connectivity index (χ3v) is 5.40. The predicted octanol–water partition coefficient (Wildman–Crippen LogP) is 4.48. The predicted molar refractivity (Wildman–Crippen MR) is 119 cm³/mol. The molecule has 6 nitrogen and oxygen atoms in total. The lowest BCUT2D eigenvalue weighted by molar-refractivity contribution is -0.115. The minimum atomic E-state index is -0.0870. The number of aryl methyl sites for hydroxylation is 1. The number of carbonyl (C=O) groups excluding carboxylic acids is 2. The average Bonchev–Trinajstić information content (AvgIpc) is 3.19. The summed E-state index contributed by atoms with van der Waals surface area (Å²) in [5, 5.41) is 5.89. The topological polar surface area (TPSA) is 64.7 Å². The van der Waals surface area contributed by atoms with Gasteiger partial charge in [-0.2, -0.15) is 0 Å². The largest absolute Gasteiger partial charge is 0.373 e. The van der Waals surface area contributed by atoms with Crippen LogP contribution in [-0.4, -0.2) is 43.0 Å². The van der Waals surface area contributed by atoms with Crippen molar-refractivity contribution in [3.05, 3.63) is 54.1 Å². The molecule has 0 radical (unpaired) electrons. The van der Waals surface area contributed by atoms with Gasteiger partial charge in [-0.1, -0.05) is 31.2 Å². The first-order valence-corrected chi connectivity index (χ1v) is 10.2. The summed E-state index contributed by atoms with van der Waals surface area (Å²) in [6, 6.07) is 15.9. The first kappa shape index (κ1) is 20.7. The van der Waals surface area contributed by atoms with Crippen LogP contribution in [0, 0.1) is 6.92 Å². The molecule has 1 fully saturated rings. The van der Waals surface area contributed by atoms with E-state index in [0.717, 1.165) is 42.9 Å². The van der Waals surface area contributed by atoms with E-state index in [-0.39, 0.29) is 18.0 Å². The summed E-state index contributed by atoms with van der Waals surface area (Å²) in [6.07, 6.45) is 2.42. The highest BCUT2D eigenvalue weighted by Gasteiger charge is 2.30. The Bertz CT molecular complexity index is 853. The van der Waals surface area contributed by atoms with Crippen molar-refractivity contribution in [3.63, 3.8) is 0 Å². The summed E-state index contributed by atoms with van der Waals surface area (Å²) in [7, 11) is 2.06. The highest BCUT2D eigenvalue weighted by molar-refractivity contribution is 5.94. The van der Waals surface area contributed by atoms with Crippen molar-refractivity contribution in [2.45, 2.75) is 39.2 Å². The maximum Gasteiger partial charge on any atom is 0.322 e. The molecule has 3 amide bonds. The van der Waals surface area contributed by atoms with Crippen molar-refractivity contribution in [3.8, 4) is 0 Å². The van der Waals surface area contributed by atoms with Gasteiger partial charge >= 0.3 is 6.03 Å². The van der Waals surface area contributed by atoms with Gasteiger partial charge in [0.05, 0.1) is 6.04 Å². The molecule has 0 aromatic heterocycles. The Kier molecular flexibility index (Phi) is 6.75. The Morgan fingerprint density at radius 2 is 1.90 bits per heavy atom. The van der Waals surface area contributed by atoms with E-state index >= 15 is 0 Å². The molecule has 1 unspecified atom stereocenters. The van der Waals surface area contributed by atoms with E-state index in [1.165, 1.54) is 0 Å². The molecule has 0 saturated carbocycles. The molecule has 29 heavy (non-hydrogen) atoms. The van der Waals surface area contributed by atoms with Gasteiger partial charge in [0.2, 0.25) is 5.91 Å². The van der Waals surface area contributed by atoms with Crippen LogP contribution in [0.3, 0.4) is 0 Å². The van der Waals surface area contributed by atoms with E-state index in [1.54, 1.807) is 0 Å². The lowest BCUT2D eigenvalue weighted by Crippen LogP contribution is -2.44. The third kappa shape index (κ3) is 5.28. The molecular weight excluding hydrogens is 364 g/mol. The quantitative estimate of drug-likeness (QED) is 0.759. The van der Waals surface area contributed by atoms with Gasteiger partial charge in [0.15, 0.2) is 0 Å². The van der Waals surface area contributed by atoms with Gasteiger partial charge in [-0.05, 0) is 49.6 Å². The number of hydrogen-bond acceptors (Lipinski definition) is 3. The molecular formula is C23H30N4O2. The lowest BCUT2D eigenvalue weighted by Gasteiger charge is -2.30. The van der Waals surface area contributed by atoms with Gasteiger partial charge in [0.25, 0.3) is 0 Å². The zero-order valence-corrected chi connectivity index (χ0v) is 17.4. The number of nitrogens with one attached hydrogen (secondary N) is 2. The molecule has 1 saturated heterocycles. The zero-order chi connectivity index (χ0) is 20.8. The Hall–Kier alpha value is -3.02. The molecule has 1 heterocycles. The van der Waals surface area contributed by atoms with Crippen LogP contribution in [0.5, 0.6) is 0 Å². The maximum absolute atomic E-state index is 13.0. The second-order valence-electron chi connectivity index (χ2n) is 7.57. The maximum atomic E-state index is 13.0. The van der Waals surface area contributed by atoms with Crippen LogP contribution >= 0.6 is 0 Å². The number of para-hydroxylation sites is 1. The number of nitrogens with zero attached hydrogens (tertiary/aromatic N) is 2. The number of anilines is 3. The molecule has 6 heteroatoms. The van der Waals surface area contributed by atoms with Crippen LogP contribution in [0.2, 0.25) is 0 Å². The first-order chi connectivity index (χ1) is 14.0. The van der Waals surface area contributed by atoms with Crippen molar-refractivity contribution in [1.29, 1.82) is 0 Å². The standard InChI is InChI=1S/C23H30N4O2/c1-4-22(28)24-18-13-12-17(2)21(15-18)25-23(29)27-14-8-11-20(27)16-26(3)19-9-6-5-7-10-19/h5-7,9-10,12-13,15,20H,4,8,11,14,16H2,1-3H3,(H,24,28)(H,25,29). The van der Waals surface area contributed by atoms with Crippen LogP contribution in [0.25, 0.3) is 0 Å². The van der Waals surface area contributed by atoms with Crippen LogP contribution in [0.4, 0.5) is 21.9 Å². The Morgan fingerprint density at radius 1 is 1.14 bits per heavy atom. The summed E-state index contributed by atoms with van der Waals surface area (Å²) < 4.78 is 0. The van der Waals surface area contributed by atoms with Gasteiger partial charge in [-0.25, -0.2) is 4.79 Å². The molecule has 1 aliphatic rings. The van der Waals surface area contributed by atoms with Crippen molar-refractivity contribution < 1.29 is 9.59 Å². The molecule has 0 spiro atoms. The van der Waals surface area contributed by atoms with Crippen molar-refractivity contribution in [1.82, 2.24) is 4.90 Å². The fourth-order valence-electron chi connectivity index (χ4n) is 3.67. The average molecular weight is 395 g/mol. The Morgan fingerprint density at radius 3 is 2.62 bits per heavy atom. The minimum Gasteiger partial charge on any atom is -0.373 e. The minimum absolute atomic E-state index is 0.0466. The van der Waals surface area contributed by atoms with Crippen LogP contribution in [-0.2, 0) is 4.79 Å². The molecule has 1 atom stereocenters. The summed E-state index contributed by atoms with van der Waals surface area (Å²) in [5.41, 5.74) is 3.53. The number of amides is 3. The number of urea groups is 1. The summed E-state index contributed by atoms with van der Waals surface area (Å²) in [5.74, 6) is -0.0466. The molecule has 1 aliphatic heterocycles. The second kappa shape index (κ2) is 9.45. The van der Waals surface area contributed by atoms with Crippen LogP contribution in [0.15, 0.2) is 48.5 Å². The number of likely N-dealkylation sites (tertiary alicyclic amines) is 1. The molecule has 0 aliphatic carbocycles. The van der Waals surface area contributed by atoms with E-state index < -0.39 is 0 Å². The molecule has 2 N–H and O–H groups in total. The summed E-state index contributed by atoms with van der Waals surface area (Å²) >= 11 is 0. The fourth-order valence-corrected chi connectivity index (χ4v) is 3.67. The van der Waals surface area contributed by atoms with Crippen molar-refractivity contribution in [2.24, 2.45) is 0 Å². The highest BCUT2D eigenvalue weighted by atomic mass is 16.2. The number of carbonyl (C=O) groups is 2. The SMILES string of the molecule is CCC(=O)Nc1ccc(C)c(NC(=O)N2CCCC2CN(C)c2ccccc2)c1. The molecule has 3 rings (SSSR count). The van der Waals surface area contributed by atoms with Gasteiger partial charge < -0.3 is 20.4 Å². The van der Waals surface area contributed by atoms with Crippen molar-refractivity contribution in [2.75, 3.05) is 35.7 Å². The first-order valence-electron chi connectivity index (χ1n) is 10.2. The normalized spacial score (nSPS) is 15.8. The summed E-state index contributed by atoms with van der Waals surface area (Å²) in [6.45, 7) is 5.31. The van der Waals surface area contributed by atoms with Gasteiger partial charge in [0.1, 0.15) is 0 Å². The number of rotatable bonds is 6. The molecule has 0 bridgehead atoms. The van der Waals surface area contributed by atoms with Crippen molar-refractivity contribution >= 4 is 29.0 Å². The Labute approximate surface area is 172 Å². The number of likely N-dealkylation sites (N-methyl/N-ethyl adjacent to an activating group) is 1. The molecule has 2 aromatic rings. The zero-order valence-electron chi connectivity index (χ0n) is 17.4. The molecule has 2 aromatic carbocycles. The van der Waals surface area contributed by atoms with E-state index in [1.807, 2.05) is 55.1 Å². The van der Waals surface area contributed by atoms with Gasteiger partial charge in [-0.3, -0.25) is 4.79 Å². The van der Waals surface area contributed by atoms with E-state index in [0.29, 0.717) is 12.1 Å². The van der Waals surface area contributed by atoms with Crippen LogP contribution in [0.1, 0.15) is 31.7 Å². The number of hydrogen-bond donors (Lipinski definition) is 2. The second-order valence-corrected chi connectivity index (χ2v) is 7.57. The smallest absolute Gasteiger partial charge is 0.322 e. The number of benzene rings is 2. The highest BCUT2D eigenvalue weighted by Crippen LogP contribution is 2.24. The van der Waals surface area contributed by atoms with Crippen LogP contribution < -0.4 is 15.5 Å². The Balaban J connectivity index is 1.66. The lowest BCUT2D eigenvalue weighted by atomic mass is 10.1. The third-order valence-electron chi connectivity index (χ3n) is 5.40. The van der Waals surface area contributed by atoms with E-state index in [2.05, 4.69) is 34.7 Å². The summed E-state index contributed by atoms with van der Waals surface area (Å²) in [4.78, 5) is 28.8. The fraction of sp³-hybridized carbons (Fsp3) is 0.391.